The van der Waals surface area contributed by atoms with Crippen molar-refractivity contribution in [2.24, 2.45) is 0 Å². The third-order valence-electron chi connectivity index (χ3n) is 3.95. The Kier molecular flexibility index (Phi) is 8.19. The summed E-state index contributed by atoms with van der Waals surface area (Å²) in [4.78, 5) is 24.5. The van der Waals surface area contributed by atoms with Crippen LogP contribution >= 0.6 is 0 Å². The molecule has 11 heteroatoms. The van der Waals surface area contributed by atoms with Crippen LogP contribution in [0.25, 0.3) is 11.5 Å². The Hall–Kier alpha value is -3.60. The van der Waals surface area contributed by atoms with Gasteiger partial charge in [-0.05, 0) is 39.1 Å². The van der Waals surface area contributed by atoms with Crippen molar-refractivity contribution in [2.45, 2.75) is 26.5 Å². The van der Waals surface area contributed by atoms with E-state index in [9.17, 15) is 13.2 Å². The third-order valence-corrected chi connectivity index (χ3v) is 4.77. The number of nitrogens with one attached hydrogen (secondary N) is 2. The number of nitrogens with zero attached hydrogens (tertiary/aromatic N) is 3. The molecule has 0 aliphatic heterocycles. The minimum atomic E-state index is -3.24. The minimum Gasteiger partial charge on any atom is -0.494 e. The highest BCUT2D eigenvalue weighted by Crippen LogP contribution is 2.37. The molecule has 0 saturated carbocycles. The third kappa shape index (κ3) is 6.45. The van der Waals surface area contributed by atoms with Gasteiger partial charge in [0, 0.05) is 12.5 Å². The van der Waals surface area contributed by atoms with Crippen molar-refractivity contribution in [2.75, 3.05) is 18.7 Å². The van der Waals surface area contributed by atoms with E-state index >= 15 is 0 Å². The van der Waals surface area contributed by atoms with E-state index in [2.05, 4.69) is 20.3 Å². The standard InChI is InChI=1S/C19H20N4O5S.C2H5N/c1-11(24)15-8-20-12(2)21-18(15)23-16-7-5-6-14(17(16)27-3)19-22-13(9-28-19)10-29(4,25)26;1-2-3/h5-9H,10H2,1-4H3,(H,20,21,23);2-3H,1H3. The molecular formula is C21H25N5O5S. The van der Waals surface area contributed by atoms with Crippen molar-refractivity contribution in [3.8, 4) is 17.2 Å². The van der Waals surface area contributed by atoms with E-state index in [0.717, 1.165) is 6.26 Å². The Morgan fingerprint density at radius 2 is 2.00 bits per heavy atom. The molecule has 2 N–H and O–H groups in total. The van der Waals surface area contributed by atoms with Crippen LogP contribution in [0.3, 0.4) is 0 Å². The summed E-state index contributed by atoms with van der Waals surface area (Å²) < 4.78 is 34.0. The number of oxazole rings is 1. The van der Waals surface area contributed by atoms with Crippen molar-refractivity contribution >= 4 is 33.3 Å². The number of carbonyl (C=O) groups is 1. The number of ketones is 1. The van der Waals surface area contributed by atoms with Gasteiger partial charge in [-0.3, -0.25) is 4.79 Å². The number of benzene rings is 1. The van der Waals surface area contributed by atoms with Crippen LogP contribution in [0.2, 0.25) is 0 Å². The van der Waals surface area contributed by atoms with Crippen molar-refractivity contribution in [1.29, 1.82) is 5.41 Å². The van der Waals surface area contributed by atoms with Gasteiger partial charge in [0.25, 0.3) is 0 Å². The van der Waals surface area contributed by atoms with Gasteiger partial charge in [0.15, 0.2) is 21.4 Å². The van der Waals surface area contributed by atoms with Crippen LogP contribution in [0.15, 0.2) is 35.1 Å². The molecule has 32 heavy (non-hydrogen) atoms. The number of aromatic nitrogens is 3. The molecule has 0 bridgehead atoms. The van der Waals surface area contributed by atoms with Crippen LogP contribution < -0.4 is 10.1 Å². The summed E-state index contributed by atoms with van der Waals surface area (Å²) >= 11 is 0. The molecule has 0 saturated heterocycles. The minimum absolute atomic E-state index is 0.180. The van der Waals surface area contributed by atoms with E-state index in [1.165, 1.54) is 32.7 Å². The highest BCUT2D eigenvalue weighted by molar-refractivity contribution is 7.89. The first-order valence-electron chi connectivity index (χ1n) is 9.45. The van der Waals surface area contributed by atoms with Gasteiger partial charge in [-0.25, -0.2) is 23.4 Å². The first-order chi connectivity index (χ1) is 15.1. The van der Waals surface area contributed by atoms with Gasteiger partial charge in [0.2, 0.25) is 5.89 Å². The van der Waals surface area contributed by atoms with E-state index in [0.29, 0.717) is 39.9 Å². The van der Waals surface area contributed by atoms with Gasteiger partial charge in [0.05, 0.1) is 35.4 Å². The normalized spacial score (nSPS) is 10.7. The fourth-order valence-corrected chi connectivity index (χ4v) is 3.41. The molecule has 0 amide bonds. The summed E-state index contributed by atoms with van der Waals surface area (Å²) in [5, 5.41) is 9.19. The van der Waals surface area contributed by atoms with Crippen LogP contribution in [-0.2, 0) is 15.6 Å². The van der Waals surface area contributed by atoms with E-state index in [1.54, 1.807) is 32.0 Å². The second-order valence-corrected chi connectivity index (χ2v) is 8.89. The molecule has 0 aliphatic carbocycles. The predicted octanol–water partition coefficient (Wildman–Crippen LogP) is 3.60. The summed E-state index contributed by atoms with van der Waals surface area (Å²) in [6.07, 6.45) is 5.15. The SMILES string of the molecule is CC=N.COc1c(Nc2nc(C)ncc2C(C)=O)cccc1-c1nc(CS(C)(=O)=O)co1. The Labute approximate surface area is 186 Å². The fraction of sp³-hybridized carbons (Fsp3) is 0.286. The number of para-hydroxylation sites is 1. The topological polar surface area (TPSA) is 148 Å². The monoisotopic (exact) mass is 459 g/mol. The number of methoxy groups -OCH3 is 1. The Balaban J connectivity index is 0.00000114. The number of ether oxygens (including phenoxy) is 1. The zero-order valence-electron chi connectivity index (χ0n) is 18.5. The van der Waals surface area contributed by atoms with Crippen molar-refractivity contribution < 1.29 is 22.4 Å². The number of hydrogen-bond acceptors (Lipinski definition) is 10. The van der Waals surface area contributed by atoms with Gasteiger partial charge in [-0.1, -0.05) is 6.07 Å². The lowest BCUT2D eigenvalue weighted by atomic mass is 10.1. The first kappa shape index (κ1) is 24.7. The van der Waals surface area contributed by atoms with Crippen LogP contribution in [0.5, 0.6) is 5.75 Å². The smallest absolute Gasteiger partial charge is 0.230 e. The average molecular weight is 460 g/mol. The van der Waals surface area contributed by atoms with E-state index in [-0.39, 0.29) is 17.4 Å². The van der Waals surface area contributed by atoms with Crippen LogP contribution in [0, 0.1) is 12.3 Å². The number of hydrogen-bond donors (Lipinski definition) is 2. The van der Waals surface area contributed by atoms with Gasteiger partial charge in [-0.2, -0.15) is 0 Å². The van der Waals surface area contributed by atoms with E-state index < -0.39 is 9.84 Å². The van der Waals surface area contributed by atoms with E-state index in [4.69, 9.17) is 14.6 Å². The molecule has 170 valence electrons. The summed E-state index contributed by atoms with van der Waals surface area (Å²) in [5.41, 5.74) is 1.70. The molecule has 0 radical (unpaired) electrons. The second kappa shape index (κ2) is 10.6. The lowest BCUT2D eigenvalue weighted by Crippen LogP contribution is -2.06. The Morgan fingerprint density at radius 1 is 1.31 bits per heavy atom. The summed E-state index contributed by atoms with van der Waals surface area (Å²) in [6, 6.07) is 5.24. The molecule has 3 rings (SSSR count). The quantitative estimate of drug-likeness (QED) is 0.399. The van der Waals surface area contributed by atoms with E-state index in [1.807, 2.05) is 0 Å². The second-order valence-electron chi connectivity index (χ2n) is 6.75. The molecule has 1 aromatic carbocycles. The summed E-state index contributed by atoms with van der Waals surface area (Å²) in [6.45, 7) is 4.82. The maximum atomic E-state index is 11.9. The van der Waals surface area contributed by atoms with Crippen molar-refractivity contribution in [1.82, 2.24) is 15.0 Å². The van der Waals surface area contributed by atoms with Crippen LogP contribution in [-0.4, -0.2) is 48.7 Å². The number of aryl methyl sites for hydroxylation is 1. The lowest BCUT2D eigenvalue weighted by molar-refractivity contribution is 0.101. The largest absolute Gasteiger partial charge is 0.494 e. The summed E-state index contributed by atoms with van der Waals surface area (Å²) in [7, 11) is -1.75. The zero-order chi connectivity index (χ0) is 23.9. The highest BCUT2D eigenvalue weighted by atomic mass is 32.2. The molecule has 2 heterocycles. The maximum absolute atomic E-state index is 11.9. The van der Waals surface area contributed by atoms with Gasteiger partial charge >= 0.3 is 0 Å². The van der Waals surface area contributed by atoms with Gasteiger partial charge in [0.1, 0.15) is 17.9 Å². The number of sulfone groups is 1. The number of Topliss-reactive ketones (excluding diaryl/α,β-unsaturated/α-hetero) is 1. The molecule has 0 spiro atoms. The van der Waals surface area contributed by atoms with Crippen molar-refractivity contribution in [3.05, 3.63) is 47.7 Å². The lowest BCUT2D eigenvalue weighted by Gasteiger charge is -2.15. The fourth-order valence-electron chi connectivity index (χ4n) is 2.74. The molecule has 3 aromatic rings. The van der Waals surface area contributed by atoms with Crippen LogP contribution in [0.4, 0.5) is 11.5 Å². The first-order valence-corrected chi connectivity index (χ1v) is 11.5. The predicted molar refractivity (Wildman–Crippen MR) is 122 cm³/mol. The van der Waals surface area contributed by atoms with Crippen molar-refractivity contribution in [3.63, 3.8) is 0 Å². The molecule has 2 aromatic heterocycles. The van der Waals surface area contributed by atoms with Gasteiger partial charge in [-0.15, -0.1) is 0 Å². The number of anilines is 2. The Morgan fingerprint density at radius 3 is 2.59 bits per heavy atom. The number of rotatable bonds is 7. The molecule has 0 unspecified atom stereocenters. The molecule has 0 atom stereocenters. The highest BCUT2D eigenvalue weighted by Gasteiger charge is 2.19. The molecule has 0 fully saturated rings. The average Bonchev–Trinajstić information content (AvgIpc) is 3.14. The summed E-state index contributed by atoms with van der Waals surface area (Å²) in [5.74, 6) is 1.08. The maximum Gasteiger partial charge on any atom is 0.230 e. The van der Waals surface area contributed by atoms with Crippen LogP contribution in [0.1, 0.15) is 35.7 Å². The number of carbonyl (C=O) groups excluding carboxylic acids is 1. The molecule has 10 nitrogen and oxygen atoms in total. The zero-order valence-corrected chi connectivity index (χ0v) is 19.3. The molecule has 0 aliphatic rings. The molecular weight excluding hydrogens is 434 g/mol. The van der Waals surface area contributed by atoms with Gasteiger partial charge < -0.3 is 19.9 Å². The Bertz CT molecular complexity index is 1220.